The van der Waals surface area contributed by atoms with Gasteiger partial charge < -0.3 is 10.6 Å². The van der Waals surface area contributed by atoms with Gasteiger partial charge in [0.2, 0.25) is 11.7 Å². The van der Waals surface area contributed by atoms with Gasteiger partial charge >= 0.3 is 0 Å². The first-order chi connectivity index (χ1) is 13.0. The first-order valence-electron chi connectivity index (χ1n) is 9.84. The third kappa shape index (κ3) is 3.04. The van der Waals surface area contributed by atoms with E-state index in [-0.39, 0.29) is 5.96 Å². The second-order valence-electron chi connectivity index (χ2n) is 8.31. The highest BCUT2D eigenvalue weighted by Crippen LogP contribution is 2.46. The van der Waals surface area contributed by atoms with Gasteiger partial charge in [-0.15, -0.1) is 0 Å². The van der Waals surface area contributed by atoms with Crippen LogP contribution < -0.4 is 27.2 Å². The lowest BCUT2D eigenvalue weighted by Gasteiger charge is -2.41. The summed E-state index contributed by atoms with van der Waals surface area (Å²) in [5.41, 5.74) is 18.1. The van der Waals surface area contributed by atoms with Crippen molar-refractivity contribution in [3.05, 3.63) is 22.8 Å². The number of hydrogen-bond donors (Lipinski definition) is 4. The summed E-state index contributed by atoms with van der Waals surface area (Å²) < 4.78 is 0. The van der Waals surface area contributed by atoms with Gasteiger partial charge in [-0.3, -0.25) is 16.1 Å². The van der Waals surface area contributed by atoms with E-state index in [0.717, 1.165) is 49.9 Å². The standard InChI is InChI=1S/C18H27ClN8/c19-14-9-13(18(21)23-17(20)24-25-18)10-22-16(14)27-5-3-26(4-6-27)15-8-11-1-2-12(15)7-11/h9-12,15,25H,1-8,21H2,(H3,20,23,24)/t11?,12?,15-,18?/m0/s1. The largest absolute Gasteiger partial charge is 0.369 e. The zero-order chi connectivity index (χ0) is 18.6. The second-order valence-corrected chi connectivity index (χ2v) is 8.72. The van der Waals surface area contributed by atoms with Crippen LogP contribution in [0.1, 0.15) is 31.2 Å². The molecule has 0 amide bonds. The van der Waals surface area contributed by atoms with Crippen molar-refractivity contribution in [1.82, 2.24) is 20.7 Å². The Hall–Kier alpha value is -1.61. The molecule has 27 heavy (non-hydrogen) atoms. The van der Waals surface area contributed by atoms with Crippen LogP contribution >= 0.6 is 11.6 Å². The Labute approximate surface area is 164 Å². The van der Waals surface area contributed by atoms with Crippen LogP contribution in [0.25, 0.3) is 0 Å². The fourth-order valence-electron chi connectivity index (χ4n) is 5.34. The zero-order valence-corrected chi connectivity index (χ0v) is 16.1. The molecule has 8 nitrogen and oxygen atoms in total. The maximum absolute atomic E-state index is 6.55. The lowest BCUT2D eigenvalue weighted by atomic mass is 9.93. The minimum atomic E-state index is -1.14. The molecule has 1 saturated heterocycles. The molecule has 2 bridgehead atoms. The third-order valence-corrected chi connectivity index (χ3v) is 7.00. The van der Waals surface area contributed by atoms with Crippen LogP contribution in [-0.2, 0) is 5.79 Å². The van der Waals surface area contributed by atoms with E-state index in [2.05, 4.69) is 30.6 Å². The average molecular weight is 391 g/mol. The quantitative estimate of drug-likeness (QED) is 0.596. The highest BCUT2D eigenvalue weighted by Gasteiger charge is 2.43. The molecule has 5 rings (SSSR count). The number of aliphatic imine (C=N–C) groups is 1. The number of hydrazine groups is 1. The molecule has 0 aromatic carbocycles. The van der Waals surface area contributed by atoms with E-state index < -0.39 is 5.79 Å². The summed E-state index contributed by atoms with van der Waals surface area (Å²) in [5.74, 6) is 1.85. The smallest absolute Gasteiger partial charge is 0.210 e. The van der Waals surface area contributed by atoms with Gasteiger partial charge in [0.1, 0.15) is 5.82 Å². The van der Waals surface area contributed by atoms with Crippen LogP contribution in [0.4, 0.5) is 5.82 Å². The van der Waals surface area contributed by atoms with Gasteiger partial charge in [0.15, 0.2) is 0 Å². The van der Waals surface area contributed by atoms with Gasteiger partial charge in [0, 0.05) is 44.0 Å². The normalized spacial score (nSPS) is 36.1. The predicted octanol–water partition coefficient (Wildman–Crippen LogP) is 0.537. The fraction of sp³-hybridized carbons (Fsp3) is 0.667. The molecule has 4 atom stereocenters. The highest BCUT2D eigenvalue weighted by atomic mass is 35.5. The zero-order valence-electron chi connectivity index (χ0n) is 15.4. The topological polar surface area (TPSA) is 108 Å². The third-order valence-electron chi connectivity index (χ3n) is 6.72. The molecule has 0 radical (unpaired) electrons. The van der Waals surface area contributed by atoms with Crippen molar-refractivity contribution in [2.45, 2.75) is 37.5 Å². The molecule has 2 saturated carbocycles. The van der Waals surface area contributed by atoms with Gasteiger partial charge in [-0.05, 0) is 37.2 Å². The minimum Gasteiger partial charge on any atom is -0.369 e. The molecule has 146 valence electrons. The van der Waals surface area contributed by atoms with Crippen molar-refractivity contribution in [3.8, 4) is 0 Å². The summed E-state index contributed by atoms with van der Waals surface area (Å²) in [6.45, 7) is 4.08. The molecule has 4 aliphatic rings. The molecular weight excluding hydrogens is 364 g/mol. The lowest BCUT2D eigenvalue weighted by molar-refractivity contribution is 0.134. The van der Waals surface area contributed by atoms with Crippen molar-refractivity contribution in [2.24, 2.45) is 28.3 Å². The van der Waals surface area contributed by atoms with Gasteiger partial charge in [-0.25, -0.2) is 9.98 Å². The maximum Gasteiger partial charge on any atom is 0.210 e. The number of nitrogens with one attached hydrogen (secondary N) is 2. The lowest BCUT2D eigenvalue weighted by Crippen LogP contribution is -2.52. The summed E-state index contributed by atoms with van der Waals surface area (Å²) in [7, 11) is 0. The monoisotopic (exact) mass is 390 g/mol. The van der Waals surface area contributed by atoms with Crippen molar-refractivity contribution >= 4 is 23.4 Å². The van der Waals surface area contributed by atoms with Crippen LogP contribution in [0.3, 0.4) is 0 Å². The van der Waals surface area contributed by atoms with E-state index in [0.29, 0.717) is 10.6 Å². The Kier molecular flexibility index (Phi) is 4.19. The number of nitrogens with two attached hydrogens (primary N) is 2. The summed E-state index contributed by atoms with van der Waals surface area (Å²) in [6, 6.07) is 2.63. The van der Waals surface area contributed by atoms with Crippen LogP contribution in [0.5, 0.6) is 0 Å². The van der Waals surface area contributed by atoms with Crippen LogP contribution in [0, 0.1) is 11.8 Å². The molecule has 1 aromatic heterocycles. The average Bonchev–Trinajstić information content (AvgIpc) is 3.38. The summed E-state index contributed by atoms with van der Waals surface area (Å²) in [5, 5.41) is 0.591. The van der Waals surface area contributed by atoms with Crippen molar-refractivity contribution in [2.75, 3.05) is 31.1 Å². The van der Waals surface area contributed by atoms with Crippen LogP contribution in [-0.4, -0.2) is 48.1 Å². The molecule has 2 aliphatic heterocycles. The predicted molar refractivity (Wildman–Crippen MR) is 106 cm³/mol. The van der Waals surface area contributed by atoms with Gasteiger partial charge in [-0.1, -0.05) is 18.0 Å². The number of pyridine rings is 1. The number of halogens is 1. The number of piperazine rings is 1. The number of fused-ring (bicyclic) bond motifs is 2. The van der Waals surface area contributed by atoms with E-state index in [1.807, 2.05) is 6.07 Å². The maximum atomic E-state index is 6.55. The fourth-order valence-corrected chi connectivity index (χ4v) is 5.62. The number of aromatic nitrogens is 1. The molecule has 3 unspecified atom stereocenters. The molecule has 9 heteroatoms. The molecule has 2 aliphatic carbocycles. The SMILES string of the molecule is NC1=NC(N)(c2cnc(N3CCN([C@H]4CC5CCC4C5)CC3)c(Cl)c2)NN1. The summed E-state index contributed by atoms with van der Waals surface area (Å²) in [6.07, 6.45) is 7.47. The van der Waals surface area contributed by atoms with E-state index in [9.17, 15) is 0 Å². The Balaban J connectivity index is 1.26. The minimum absolute atomic E-state index is 0.245. The summed E-state index contributed by atoms with van der Waals surface area (Å²) >= 11 is 6.55. The van der Waals surface area contributed by atoms with Gasteiger partial charge in [0.25, 0.3) is 0 Å². The Bertz CT molecular complexity index is 762. The first-order valence-corrected chi connectivity index (χ1v) is 10.2. The van der Waals surface area contributed by atoms with Crippen molar-refractivity contribution in [1.29, 1.82) is 0 Å². The van der Waals surface area contributed by atoms with Gasteiger partial charge in [-0.2, -0.15) is 5.43 Å². The number of rotatable bonds is 3. The molecule has 3 heterocycles. The van der Waals surface area contributed by atoms with E-state index in [1.54, 1.807) is 6.20 Å². The molecule has 1 aromatic rings. The number of nitrogens with zero attached hydrogens (tertiary/aromatic N) is 4. The van der Waals surface area contributed by atoms with E-state index >= 15 is 0 Å². The molecule has 3 fully saturated rings. The van der Waals surface area contributed by atoms with Gasteiger partial charge in [0.05, 0.1) is 5.02 Å². The molecular formula is C18H27ClN8. The van der Waals surface area contributed by atoms with E-state index in [1.165, 1.54) is 25.7 Å². The molecule has 6 N–H and O–H groups in total. The van der Waals surface area contributed by atoms with Crippen molar-refractivity contribution < 1.29 is 0 Å². The Morgan fingerprint density at radius 1 is 1.19 bits per heavy atom. The first kappa shape index (κ1) is 17.5. The highest BCUT2D eigenvalue weighted by molar-refractivity contribution is 6.33. The Morgan fingerprint density at radius 3 is 2.59 bits per heavy atom. The van der Waals surface area contributed by atoms with E-state index in [4.69, 9.17) is 23.1 Å². The van der Waals surface area contributed by atoms with Crippen molar-refractivity contribution in [3.63, 3.8) is 0 Å². The number of hydrogen-bond acceptors (Lipinski definition) is 8. The van der Waals surface area contributed by atoms with Crippen LogP contribution in [0.15, 0.2) is 17.3 Å². The second kappa shape index (κ2) is 6.48. The Morgan fingerprint density at radius 2 is 2.00 bits per heavy atom. The molecule has 0 spiro atoms. The number of guanidine groups is 1. The summed E-state index contributed by atoms with van der Waals surface area (Å²) in [4.78, 5) is 13.7. The van der Waals surface area contributed by atoms with Crippen LogP contribution in [0.2, 0.25) is 5.02 Å². The number of anilines is 1.